The standard InChI is InChI=1S/C32H35N5OS/c1-20-9-8-10-25(17-20)34-29(38)14-16-36-31(30(35-32(36)39)27-11-6-7-15-33-27)26-19-23(4)37(24(26)5)28-18-21(2)12-13-22(28)3/h6-13,15,17-19,30-31H,14,16H2,1-5H3,(H,34,38)(H,35,39)/t30-,31+/m0/s1. The van der Waals surface area contributed by atoms with Gasteiger partial charge in [-0.3, -0.25) is 9.78 Å². The Labute approximate surface area is 236 Å². The molecular weight excluding hydrogens is 502 g/mol. The van der Waals surface area contributed by atoms with Gasteiger partial charge < -0.3 is 20.1 Å². The van der Waals surface area contributed by atoms with E-state index in [4.69, 9.17) is 12.2 Å². The zero-order valence-corrected chi connectivity index (χ0v) is 24.0. The largest absolute Gasteiger partial charge is 0.352 e. The number of aryl methyl sites for hydroxylation is 4. The predicted octanol–water partition coefficient (Wildman–Crippen LogP) is 6.42. The number of nitrogens with zero attached hydrogens (tertiary/aromatic N) is 3. The number of rotatable bonds is 7. The number of aromatic nitrogens is 2. The van der Waals surface area contributed by atoms with Gasteiger partial charge in [-0.15, -0.1) is 0 Å². The summed E-state index contributed by atoms with van der Waals surface area (Å²) in [7, 11) is 0. The summed E-state index contributed by atoms with van der Waals surface area (Å²) in [4.78, 5) is 19.8. The number of amides is 1. The molecule has 1 aliphatic heterocycles. The zero-order valence-electron chi connectivity index (χ0n) is 23.2. The minimum Gasteiger partial charge on any atom is -0.352 e. The summed E-state index contributed by atoms with van der Waals surface area (Å²) < 4.78 is 2.33. The first-order chi connectivity index (χ1) is 18.7. The van der Waals surface area contributed by atoms with Crippen LogP contribution in [0.3, 0.4) is 0 Å². The van der Waals surface area contributed by atoms with Crippen LogP contribution in [0.5, 0.6) is 0 Å². The highest BCUT2D eigenvalue weighted by Crippen LogP contribution is 2.41. The molecule has 0 radical (unpaired) electrons. The van der Waals surface area contributed by atoms with Gasteiger partial charge in [0.05, 0.1) is 17.8 Å². The highest BCUT2D eigenvalue weighted by atomic mass is 32.1. The highest BCUT2D eigenvalue weighted by Gasteiger charge is 2.41. The zero-order chi connectivity index (χ0) is 27.7. The summed E-state index contributed by atoms with van der Waals surface area (Å²) in [6.45, 7) is 11.1. The van der Waals surface area contributed by atoms with Crippen LogP contribution in [0, 0.1) is 34.6 Å². The Kier molecular flexibility index (Phi) is 7.53. The molecule has 39 heavy (non-hydrogen) atoms. The fourth-order valence-corrected chi connectivity index (χ4v) is 5.90. The van der Waals surface area contributed by atoms with Gasteiger partial charge in [0.25, 0.3) is 0 Å². The van der Waals surface area contributed by atoms with Gasteiger partial charge in [0.15, 0.2) is 5.11 Å². The van der Waals surface area contributed by atoms with Gasteiger partial charge in [0.1, 0.15) is 0 Å². The minimum atomic E-state index is -0.133. The van der Waals surface area contributed by atoms with Gasteiger partial charge in [-0.2, -0.15) is 0 Å². The first kappa shape index (κ1) is 26.6. The van der Waals surface area contributed by atoms with Crippen molar-refractivity contribution in [3.05, 3.63) is 112 Å². The molecule has 200 valence electrons. The Morgan fingerprint density at radius 2 is 1.77 bits per heavy atom. The fraction of sp³-hybridized carbons (Fsp3) is 0.281. The molecule has 1 fully saturated rings. The van der Waals surface area contributed by atoms with E-state index in [1.165, 1.54) is 22.4 Å². The molecule has 1 saturated heterocycles. The van der Waals surface area contributed by atoms with E-state index in [1.54, 1.807) is 0 Å². The quantitative estimate of drug-likeness (QED) is 0.267. The molecule has 0 bridgehead atoms. The Morgan fingerprint density at radius 3 is 2.51 bits per heavy atom. The number of hydrogen-bond donors (Lipinski definition) is 2. The van der Waals surface area contributed by atoms with Crippen molar-refractivity contribution >= 4 is 28.9 Å². The molecular formula is C32H35N5OS. The summed E-state index contributed by atoms with van der Waals surface area (Å²) in [6.07, 6.45) is 2.13. The van der Waals surface area contributed by atoms with Crippen molar-refractivity contribution in [3.63, 3.8) is 0 Å². The number of carbonyl (C=O) groups is 1. The van der Waals surface area contributed by atoms with Crippen molar-refractivity contribution in [2.24, 2.45) is 0 Å². The highest BCUT2D eigenvalue weighted by molar-refractivity contribution is 7.80. The van der Waals surface area contributed by atoms with Crippen molar-refractivity contribution < 1.29 is 4.79 Å². The lowest BCUT2D eigenvalue weighted by molar-refractivity contribution is -0.116. The van der Waals surface area contributed by atoms with Crippen molar-refractivity contribution in [2.75, 3.05) is 11.9 Å². The summed E-state index contributed by atoms with van der Waals surface area (Å²) in [5.74, 6) is -0.0377. The van der Waals surface area contributed by atoms with Crippen LogP contribution < -0.4 is 10.6 Å². The smallest absolute Gasteiger partial charge is 0.226 e. The summed E-state index contributed by atoms with van der Waals surface area (Å²) in [5.41, 5.74) is 9.96. The predicted molar refractivity (Wildman–Crippen MR) is 161 cm³/mol. The summed E-state index contributed by atoms with van der Waals surface area (Å²) >= 11 is 5.86. The first-order valence-corrected chi connectivity index (χ1v) is 13.7. The van der Waals surface area contributed by atoms with Crippen LogP contribution in [0.2, 0.25) is 0 Å². The molecule has 0 aliphatic carbocycles. The van der Waals surface area contributed by atoms with Crippen molar-refractivity contribution in [3.8, 4) is 5.69 Å². The van der Waals surface area contributed by atoms with E-state index in [2.05, 4.69) is 77.0 Å². The van der Waals surface area contributed by atoms with E-state index in [0.717, 1.165) is 28.3 Å². The lowest BCUT2D eigenvalue weighted by atomic mass is 9.96. The SMILES string of the molecule is Cc1cccc(NC(=O)CCN2C(=S)N[C@@H](c3ccccn3)[C@H]2c2cc(C)n(-c3cc(C)ccc3C)c2C)c1. The fourth-order valence-electron chi connectivity index (χ4n) is 5.57. The second-order valence-electron chi connectivity index (χ2n) is 10.4. The van der Waals surface area contributed by atoms with E-state index in [9.17, 15) is 4.79 Å². The number of thiocarbonyl (C=S) groups is 1. The van der Waals surface area contributed by atoms with Crippen molar-refractivity contribution in [1.82, 2.24) is 19.8 Å². The lowest BCUT2D eigenvalue weighted by Crippen LogP contribution is -2.32. The molecule has 3 heterocycles. The normalized spacial score (nSPS) is 16.8. The van der Waals surface area contributed by atoms with E-state index in [0.29, 0.717) is 18.1 Å². The third-order valence-corrected chi connectivity index (χ3v) is 7.83. The minimum absolute atomic E-state index is 0.0377. The summed E-state index contributed by atoms with van der Waals surface area (Å²) in [5, 5.41) is 7.19. The second kappa shape index (κ2) is 11.0. The van der Waals surface area contributed by atoms with Gasteiger partial charge in [0, 0.05) is 41.9 Å². The molecule has 0 saturated carbocycles. The maximum Gasteiger partial charge on any atom is 0.226 e. The molecule has 5 rings (SSSR count). The number of nitrogens with one attached hydrogen (secondary N) is 2. The van der Waals surface area contributed by atoms with Gasteiger partial charge in [-0.05, 0) is 105 Å². The van der Waals surface area contributed by atoms with Crippen LogP contribution in [0.4, 0.5) is 5.69 Å². The number of anilines is 1. The number of hydrogen-bond acceptors (Lipinski definition) is 3. The number of benzene rings is 2. The molecule has 2 aromatic carbocycles. The topological polar surface area (TPSA) is 62.2 Å². The van der Waals surface area contributed by atoms with E-state index in [1.807, 2.05) is 55.6 Å². The van der Waals surface area contributed by atoms with Crippen LogP contribution >= 0.6 is 12.2 Å². The molecule has 0 spiro atoms. The molecule has 2 N–H and O–H groups in total. The van der Waals surface area contributed by atoms with Crippen LogP contribution in [0.1, 0.15) is 57.8 Å². The Bertz CT molecular complexity index is 1530. The molecule has 1 aliphatic rings. The Hall–Kier alpha value is -3.97. The van der Waals surface area contributed by atoms with Gasteiger partial charge >= 0.3 is 0 Å². The maximum absolute atomic E-state index is 12.9. The van der Waals surface area contributed by atoms with Crippen LogP contribution in [-0.2, 0) is 4.79 Å². The van der Waals surface area contributed by atoms with Crippen LogP contribution in [-0.4, -0.2) is 32.0 Å². The van der Waals surface area contributed by atoms with E-state index < -0.39 is 0 Å². The van der Waals surface area contributed by atoms with Gasteiger partial charge in [-0.25, -0.2) is 0 Å². The summed E-state index contributed by atoms with van der Waals surface area (Å²) in [6, 6.07) is 22.4. The van der Waals surface area contributed by atoms with Crippen molar-refractivity contribution in [1.29, 1.82) is 0 Å². The maximum atomic E-state index is 12.9. The average Bonchev–Trinajstić information content (AvgIpc) is 3.39. The monoisotopic (exact) mass is 537 g/mol. The molecule has 1 amide bonds. The van der Waals surface area contributed by atoms with Crippen LogP contribution in [0.15, 0.2) is 72.9 Å². The molecule has 0 unspecified atom stereocenters. The molecule has 4 aromatic rings. The first-order valence-electron chi connectivity index (χ1n) is 13.3. The van der Waals surface area contributed by atoms with E-state index >= 15 is 0 Å². The Morgan fingerprint density at radius 1 is 0.974 bits per heavy atom. The van der Waals surface area contributed by atoms with E-state index in [-0.39, 0.29) is 18.0 Å². The van der Waals surface area contributed by atoms with Crippen LogP contribution in [0.25, 0.3) is 5.69 Å². The third kappa shape index (κ3) is 5.45. The third-order valence-electron chi connectivity index (χ3n) is 7.47. The van der Waals surface area contributed by atoms with Gasteiger partial charge in [0.2, 0.25) is 5.91 Å². The van der Waals surface area contributed by atoms with Gasteiger partial charge in [-0.1, -0.05) is 30.3 Å². The molecule has 7 heteroatoms. The van der Waals surface area contributed by atoms with Crippen molar-refractivity contribution in [2.45, 2.75) is 53.1 Å². The second-order valence-corrected chi connectivity index (χ2v) is 10.8. The molecule has 6 nitrogen and oxygen atoms in total. The number of pyridine rings is 1. The molecule has 2 aromatic heterocycles. The number of carbonyl (C=O) groups excluding carboxylic acids is 1. The Balaban J connectivity index is 1.49. The lowest BCUT2D eigenvalue weighted by Gasteiger charge is -2.28. The average molecular weight is 538 g/mol. The molecule has 2 atom stereocenters.